The van der Waals surface area contributed by atoms with Crippen molar-refractivity contribution >= 4 is 17.5 Å². The molecule has 3 rings (SSSR count). The number of aryl methyl sites for hydroxylation is 1. The third-order valence-corrected chi connectivity index (χ3v) is 4.20. The number of benzene rings is 1. The molecule has 1 atom stereocenters. The Morgan fingerprint density at radius 3 is 2.67 bits per heavy atom. The lowest BCUT2D eigenvalue weighted by Crippen LogP contribution is -2.46. The molecule has 1 aliphatic carbocycles. The third-order valence-electron chi connectivity index (χ3n) is 4.20. The van der Waals surface area contributed by atoms with Gasteiger partial charge in [0.2, 0.25) is 11.8 Å². The van der Waals surface area contributed by atoms with Crippen molar-refractivity contribution in [2.24, 2.45) is 5.92 Å². The minimum atomic E-state index is -0.360. The first kappa shape index (κ1) is 13.9. The van der Waals surface area contributed by atoms with Crippen molar-refractivity contribution in [3.8, 4) is 5.75 Å². The van der Waals surface area contributed by atoms with Crippen LogP contribution in [0.2, 0.25) is 0 Å². The predicted molar refractivity (Wildman–Crippen MR) is 79.4 cm³/mol. The van der Waals surface area contributed by atoms with Gasteiger partial charge >= 0.3 is 0 Å². The van der Waals surface area contributed by atoms with Crippen molar-refractivity contribution in [3.63, 3.8) is 0 Å². The summed E-state index contributed by atoms with van der Waals surface area (Å²) in [5, 5.41) is 2.88. The molecule has 1 aromatic rings. The van der Waals surface area contributed by atoms with E-state index < -0.39 is 0 Å². The number of hydrogen-bond donors (Lipinski definition) is 1. The Labute approximate surface area is 124 Å². The van der Waals surface area contributed by atoms with Crippen LogP contribution in [0.1, 0.15) is 24.8 Å². The van der Waals surface area contributed by atoms with Gasteiger partial charge in [0, 0.05) is 18.7 Å². The van der Waals surface area contributed by atoms with Crippen LogP contribution in [0.15, 0.2) is 18.2 Å². The maximum atomic E-state index is 12.8. The van der Waals surface area contributed by atoms with Crippen LogP contribution in [0.4, 0.5) is 5.69 Å². The number of amides is 2. The molecule has 2 fully saturated rings. The number of nitrogens with zero attached hydrogens (tertiary/aromatic N) is 1. The highest BCUT2D eigenvalue weighted by Crippen LogP contribution is 2.35. The summed E-state index contributed by atoms with van der Waals surface area (Å²) < 4.78 is 5.21. The monoisotopic (exact) mass is 288 g/mol. The fourth-order valence-corrected chi connectivity index (χ4v) is 2.84. The maximum Gasteiger partial charge on any atom is 0.249 e. The second-order valence-electron chi connectivity index (χ2n) is 5.77. The van der Waals surface area contributed by atoms with Crippen LogP contribution in [0.25, 0.3) is 0 Å². The Bertz CT molecular complexity index is 581. The quantitative estimate of drug-likeness (QED) is 0.919. The van der Waals surface area contributed by atoms with Gasteiger partial charge in [-0.1, -0.05) is 0 Å². The summed E-state index contributed by atoms with van der Waals surface area (Å²) in [5.41, 5.74) is 1.84. The topological polar surface area (TPSA) is 58.6 Å². The van der Waals surface area contributed by atoms with Gasteiger partial charge < -0.3 is 15.0 Å². The molecule has 2 aliphatic rings. The van der Waals surface area contributed by atoms with Crippen molar-refractivity contribution in [1.29, 1.82) is 0 Å². The zero-order chi connectivity index (χ0) is 15.0. The SMILES string of the molecule is COc1ccc(N2CCC(=O)NC(C3CC3)C2=O)c(C)c1. The second-order valence-corrected chi connectivity index (χ2v) is 5.77. The standard InChI is InChI=1S/C16H20N2O3/c1-10-9-12(21-2)5-6-13(10)18-8-7-14(19)17-15(16(18)20)11-3-4-11/h5-6,9,11,15H,3-4,7-8H2,1-2H3,(H,17,19). The number of ether oxygens (including phenoxy) is 1. The van der Waals surface area contributed by atoms with Gasteiger partial charge in [-0.3, -0.25) is 9.59 Å². The highest BCUT2D eigenvalue weighted by Gasteiger charge is 2.41. The van der Waals surface area contributed by atoms with Crippen LogP contribution >= 0.6 is 0 Å². The first-order chi connectivity index (χ1) is 10.1. The van der Waals surface area contributed by atoms with Crippen LogP contribution in [0.3, 0.4) is 0 Å². The summed E-state index contributed by atoms with van der Waals surface area (Å²) in [7, 11) is 1.62. The molecule has 1 heterocycles. The van der Waals surface area contributed by atoms with E-state index in [0.717, 1.165) is 29.8 Å². The van der Waals surface area contributed by atoms with Crippen LogP contribution in [0, 0.1) is 12.8 Å². The Morgan fingerprint density at radius 2 is 2.05 bits per heavy atom. The van der Waals surface area contributed by atoms with Crippen molar-refractivity contribution in [2.45, 2.75) is 32.2 Å². The van der Waals surface area contributed by atoms with Gasteiger partial charge in [-0.15, -0.1) is 0 Å². The molecule has 21 heavy (non-hydrogen) atoms. The molecule has 0 bridgehead atoms. The van der Waals surface area contributed by atoms with E-state index in [4.69, 9.17) is 4.74 Å². The number of anilines is 1. The summed E-state index contributed by atoms with van der Waals surface area (Å²) in [6.07, 6.45) is 2.39. The number of nitrogens with one attached hydrogen (secondary N) is 1. The third kappa shape index (κ3) is 2.73. The number of methoxy groups -OCH3 is 1. The number of carbonyl (C=O) groups is 2. The molecule has 5 heteroatoms. The van der Waals surface area contributed by atoms with Gasteiger partial charge in [0.25, 0.3) is 0 Å². The van der Waals surface area contributed by atoms with E-state index >= 15 is 0 Å². The van der Waals surface area contributed by atoms with Crippen molar-refractivity contribution in [2.75, 3.05) is 18.6 Å². The van der Waals surface area contributed by atoms with Gasteiger partial charge in [0.15, 0.2) is 0 Å². The van der Waals surface area contributed by atoms with Gasteiger partial charge in [0.1, 0.15) is 11.8 Å². The van der Waals surface area contributed by atoms with Crippen molar-refractivity contribution in [3.05, 3.63) is 23.8 Å². The Kier molecular flexibility index (Phi) is 3.57. The Balaban J connectivity index is 1.92. The molecule has 112 valence electrons. The average molecular weight is 288 g/mol. The number of carbonyl (C=O) groups excluding carboxylic acids is 2. The molecule has 1 saturated heterocycles. The minimum absolute atomic E-state index is 0.0108. The minimum Gasteiger partial charge on any atom is -0.497 e. The predicted octanol–water partition coefficient (Wildman–Crippen LogP) is 1.64. The van der Waals surface area contributed by atoms with Gasteiger partial charge in [-0.05, 0) is 49.4 Å². The van der Waals surface area contributed by atoms with Gasteiger partial charge in [-0.25, -0.2) is 0 Å². The molecule has 1 saturated carbocycles. The largest absolute Gasteiger partial charge is 0.497 e. The highest BCUT2D eigenvalue weighted by atomic mass is 16.5. The van der Waals surface area contributed by atoms with Crippen LogP contribution in [0.5, 0.6) is 5.75 Å². The summed E-state index contributed by atoms with van der Waals surface area (Å²) in [6.45, 7) is 2.39. The normalized spacial score (nSPS) is 22.8. The van der Waals surface area contributed by atoms with Crippen LogP contribution in [-0.2, 0) is 9.59 Å². The Morgan fingerprint density at radius 1 is 1.29 bits per heavy atom. The van der Waals surface area contributed by atoms with E-state index in [1.165, 1.54) is 0 Å². The molecule has 1 aliphatic heterocycles. The van der Waals surface area contributed by atoms with E-state index in [0.29, 0.717) is 18.9 Å². The summed E-state index contributed by atoms with van der Waals surface area (Å²) in [5.74, 6) is 1.05. The zero-order valence-electron chi connectivity index (χ0n) is 12.4. The fraction of sp³-hybridized carbons (Fsp3) is 0.500. The number of rotatable bonds is 3. The van der Waals surface area contributed by atoms with E-state index in [9.17, 15) is 9.59 Å². The molecule has 0 aromatic heterocycles. The first-order valence-corrected chi connectivity index (χ1v) is 7.35. The van der Waals surface area contributed by atoms with E-state index in [2.05, 4.69) is 5.32 Å². The van der Waals surface area contributed by atoms with E-state index in [1.807, 2.05) is 25.1 Å². The Hall–Kier alpha value is -2.04. The lowest BCUT2D eigenvalue weighted by molar-refractivity contribution is -0.126. The van der Waals surface area contributed by atoms with E-state index in [-0.39, 0.29) is 17.9 Å². The summed E-state index contributed by atoms with van der Waals surface area (Å²) in [6, 6.07) is 5.30. The summed E-state index contributed by atoms with van der Waals surface area (Å²) in [4.78, 5) is 26.3. The molecule has 1 unspecified atom stereocenters. The first-order valence-electron chi connectivity index (χ1n) is 7.35. The van der Waals surface area contributed by atoms with Crippen LogP contribution < -0.4 is 15.0 Å². The van der Waals surface area contributed by atoms with Gasteiger partial charge in [0.05, 0.1) is 7.11 Å². The lowest BCUT2D eigenvalue weighted by Gasteiger charge is -2.25. The van der Waals surface area contributed by atoms with Gasteiger partial charge in [-0.2, -0.15) is 0 Å². The maximum absolute atomic E-state index is 12.8. The highest BCUT2D eigenvalue weighted by molar-refractivity contribution is 6.02. The van der Waals surface area contributed by atoms with Crippen LogP contribution in [-0.4, -0.2) is 31.5 Å². The molecular weight excluding hydrogens is 268 g/mol. The van der Waals surface area contributed by atoms with Crippen molar-refractivity contribution < 1.29 is 14.3 Å². The molecule has 2 amide bonds. The zero-order valence-corrected chi connectivity index (χ0v) is 12.4. The molecule has 0 spiro atoms. The smallest absolute Gasteiger partial charge is 0.249 e. The summed E-state index contributed by atoms with van der Waals surface area (Å²) >= 11 is 0. The average Bonchev–Trinajstić information content (AvgIpc) is 3.30. The van der Waals surface area contributed by atoms with Crippen molar-refractivity contribution in [1.82, 2.24) is 5.32 Å². The molecule has 5 nitrogen and oxygen atoms in total. The lowest BCUT2D eigenvalue weighted by atomic mass is 10.1. The molecule has 1 N–H and O–H groups in total. The molecule has 0 radical (unpaired) electrons. The fourth-order valence-electron chi connectivity index (χ4n) is 2.84. The molecular formula is C16H20N2O3. The second kappa shape index (κ2) is 5.39. The van der Waals surface area contributed by atoms with E-state index in [1.54, 1.807) is 12.0 Å². The number of hydrogen-bond acceptors (Lipinski definition) is 3. The molecule has 1 aromatic carbocycles.